The van der Waals surface area contributed by atoms with Crippen LogP contribution in [0.1, 0.15) is 38.3 Å². The van der Waals surface area contributed by atoms with E-state index in [1.807, 2.05) is 6.20 Å². The number of methoxy groups -OCH3 is 1. The molecule has 0 radical (unpaired) electrons. The molecule has 1 fully saturated rings. The molecule has 0 saturated carbocycles. The fraction of sp³-hybridized carbons (Fsp3) is 0.769. The molecule has 17 heavy (non-hydrogen) atoms. The minimum absolute atomic E-state index is 0.570. The van der Waals surface area contributed by atoms with Gasteiger partial charge in [0.05, 0.1) is 19.0 Å². The molecule has 4 heteroatoms. The summed E-state index contributed by atoms with van der Waals surface area (Å²) in [5.41, 5.74) is 1.29. The number of nitrogens with one attached hydrogen (secondary N) is 1. The first-order valence-corrected chi connectivity index (χ1v) is 6.58. The summed E-state index contributed by atoms with van der Waals surface area (Å²) in [6.45, 7) is 7.65. The van der Waals surface area contributed by atoms with Gasteiger partial charge in [0.25, 0.3) is 0 Å². The third kappa shape index (κ3) is 2.46. The van der Waals surface area contributed by atoms with Crippen LogP contribution < -0.4 is 10.1 Å². The van der Waals surface area contributed by atoms with Crippen LogP contribution in [0.15, 0.2) is 6.20 Å². The van der Waals surface area contributed by atoms with E-state index in [9.17, 15) is 0 Å². The zero-order chi connectivity index (χ0) is 12.3. The van der Waals surface area contributed by atoms with Crippen molar-refractivity contribution in [3.8, 4) is 5.75 Å². The summed E-state index contributed by atoms with van der Waals surface area (Å²) >= 11 is 0. The van der Waals surface area contributed by atoms with Gasteiger partial charge in [0.15, 0.2) is 5.75 Å². The van der Waals surface area contributed by atoms with Gasteiger partial charge in [-0.05, 0) is 31.8 Å². The highest BCUT2D eigenvalue weighted by atomic mass is 16.5. The number of aryl methyl sites for hydroxylation is 1. The van der Waals surface area contributed by atoms with E-state index in [2.05, 4.69) is 28.9 Å². The van der Waals surface area contributed by atoms with Crippen LogP contribution in [-0.4, -0.2) is 30.0 Å². The Balaban J connectivity index is 2.29. The lowest BCUT2D eigenvalue weighted by Crippen LogP contribution is -2.34. The molecule has 1 aromatic heterocycles. The lowest BCUT2D eigenvalue weighted by Gasteiger charge is -2.30. The van der Waals surface area contributed by atoms with Crippen molar-refractivity contribution in [3.05, 3.63) is 11.9 Å². The van der Waals surface area contributed by atoms with E-state index in [0.717, 1.165) is 31.8 Å². The van der Waals surface area contributed by atoms with Gasteiger partial charge in [0.2, 0.25) is 0 Å². The van der Waals surface area contributed by atoms with Crippen molar-refractivity contribution in [3.63, 3.8) is 0 Å². The van der Waals surface area contributed by atoms with E-state index in [-0.39, 0.29) is 0 Å². The van der Waals surface area contributed by atoms with Crippen LogP contribution in [-0.2, 0) is 6.54 Å². The van der Waals surface area contributed by atoms with Gasteiger partial charge in [-0.15, -0.1) is 0 Å². The predicted octanol–water partition coefficient (Wildman–Crippen LogP) is 2.01. The zero-order valence-corrected chi connectivity index (χ0v) is 11.1. The smallest absolute Gasteiger partial charge is 0.160 e. The van der Waals surface area contributed by atoms with Gasteiger partial charge in [-0.3, -0.25) is 4.68 Å². The fourth-order valence-electron chi connectivity index (χ4n) is 2.72. The van der Waals surface area contributed by atoms with Crippen molar-refractivity contribution >= 4 is 0 Å². The molecule has 1 aliphatic heterocycles. The number of ether oxygens (including phenoxy) is 1. The van der Waals surface area contributed by atoms with Crippen molar-refractivity contribution in [2.24, 2.45) is 5.92 Å². The van der Waals surface area contributed by atoms with Gasteiger partial charge < -0.3 is 10.1 Å². The molecule has 2 unspecified atom stereocenters. The molecule has 2 rings (SSSR count). The van der Waals surface area contributed by atoms with Crippen LogP contribution in [0.3, 0.4) is 0 Å². The quantitative estimate of drug-likeness (QED) is 0.870. The molecule has 1 N–H and O–H groups in total. The summed E-state index contributed by atoms with van der Waals surface area (Å²) in [7, 11) is 1.74. The highest BCUT2D eigenvalue weighted by Crippen LogP contribution is 2.35. The molecule has 0 aliphatic carbocycles. The Morgan fingerprint density at radius 2 is 2.41 bits per heavy atom. The topological polar surface area (TPSA) is 39.1 Å². The standard InChI is InChI=1S/C13H23N3O/c1-4-7-16-13(12(17-3)9-15-16)11-5-6-14-8-10(11)2/h9-11,14H,4-8H2,1-3H3. The van der Waals surface area contributed by atoms with Crippen molar-refractivity contribution < 1.29 is 4.74 Å². The lowest BCUT2D eigenvalue weighted by atomic mass is 9.85. The summed E-state index contributed by atoms with van der Waals surface area (Å²) in [5.74, 6) is 2.17. The maximum Gasteiger partial charge on any atom is 0.160 e. The molecule has 2 atom stereocenters. The second-order valence-corrected chi connectivity index (χ2v) is 4.90. The molecule has 0 amide bonds. The van der Waals surface area contributed by atoms with Gasteiger partial charge in [-0.25, -0.2) is 0 Å². The van der Waals surface area contributed by atoms with Gasteiger partial charge in [-0.1, -0.05) is 13.8 Å². The number of aromatic nitrogens is 2. The predicted molar refractivity (Wildman–Crippen MR) is 68.5 cm³/mol. The summed E-state index contributed by atoms with van der Waals surface area (Å²) in [4.78, 5) is 0. The SMILES string of the molecule is CCCn1ncc(OC)c1C1CCNCC1C. The molecule has 0 bridgehead atoms. The van der Waals surface area contributed by atoms with E-state index in [4.69, 9.17) is 4.74 Å². The van der Waals surface area contributed by atoms with E-state index < -0.39 is 0 Å². The van der Waals surface area contributed by atoms with Crippen molar-refractivity contribution in [1.82, 2.24) is 15.1 Å². The van der Waals surface area contributed by atoms with E-state index >= 15 is 0 Å². The van der Waals surface area contributed by atoms with Crippen LogP contribution in [0.4, 0.5) is 0 Å². The average molecular weight is 237 g/mol. The van der Waals surface area contributed by atoms with Crippen LogP contribution in [0.25, 0.3) is 0 Å². The van der Waals surface area contributed by atoms with Crippen LogP contribution >= 0.6 is 0 Å². The van der Waals surface area contributed by atoms with Crippen molar-refractivity contribution in [2.45, 2.75) is 39.2 Å². The first-order valence-electron chi connectivity index (χ1n) is 6.58. The second kappa shape index (κ2) is 5.54. The summed E-state index contributed by atoms with van der Waals surface area (Å²) in [5, 5.41) is 7.90. The normalized spacial score (nSPS) is 24.9. The Morgan fingerprint density at radius 1 is 1.59 bits per heavy atom. The molecule has 2 heterocycles. The number of piperidine rings is 1. The second-order valence-electron chi connectivity index (χ2n) is 4.90. The molecule has 1 aliphatic rings. The molecule has 0 spiro atoms. The van der Waals surface area contributed by atoms with E-state index in [0.29, 0.717) is 11.8 Å². The fourth-order valence-corrected chi connectivity index (χ4v) is 2.72. The van der Waals surface area contributed by atoms with Crippen molar-refractivity contribution in [1.29, 1.82) is 0 Å². The Labute approximate surface area is 103 Å². The lowest BCUT2D eigenvalue weighted by molar-refractivity contribution is 0.317. The van der Waals surface area contributed by atoms with Gasteiger partial charge >= 0.3 is 0 Å². The van der Waals surface area contributed by atoms with Crippen LogP contribution in [0.5, 0.6) is 5.75 Å². The minimum Gasteiger partial charge on any atom is -0.493 e. The first kappa shape index (κ1) is 12.4. The molecule has 4 nitrogen and oxygen atoms in total. The molecule has 1 saturated heterocycles. The molecular weight excluding hydrogens is 214 g/mol. The molecule has 0 aromatic carbocycles. The van der Waals surface area contributed by atoms with Crippen molar-refractivity contribution in [2.75, 3.05) is 20.2 Å². The molecule has 1 aromatic rings. The largest absolute Gasteiger partial charge is 0.493 e. The number of hydrogen-bond acceptors (Lipinski definition) is 3. The summed E-state index contributed by atoms with van der Waals surface area (Å²) in [6, 6.07) is 0. The maximum absolute atomic E-state index is 5.47. The van der Waals surface area contributed by atoms with E-state index in [1.54, 1.807) is 7.11 Å². The van der Waals surface area contributed by atoms with Gasteiger partial charge in [0.1, 0.15) is 0 Å². The maximum atomic E-state index is 5.47. The Hall–Kier alpha value is -1.03. The Kier molecular flexibility index (Phi) is 4.05. The molecular formula is C13H23N3O. The Morgan fingerprint density at radius 3 is 3.06 bits per heavy atom. The third-order valence-corrected chi connectivity index (χ3v) is 3.64. The third-order valence-electron chi connectivity index (χ3n) is 3.64. The highest BCUT2D eigenvalue weighted by molar-refractivity contribution is 5.29. The number of nitrogens with zero attached hydrogens (tertiary/aromatic N) is 2. The Bertz CT molecular complexity index is 362. The van der Waals surface area contributed by atoms with Crippen LogP contribution in [0, 0.1) is 5.92 Å². The van der Waals surface area contributed by atoms with Gasteiger partial charge in [-0.2, -0.15) is 5.10 Å². The van der Waals surface area contributed by atoms with E-state index in [1.165, 1.54) is 12.1 Å². The highest BCUT2D eigenvalue weighted by Gasteiger charge is 2.28. The van der Waals surface area contributed by atoms with Crippen LogP contribution in [0.2, 0.25) is 0 Å². The minimum atomic E-state index is 0.570. The monoisotopic (exact) mass is 237 g/mol. The summed E-state index contributed by atoms with van der Waals surface area (Å²) < 4.78 is 7.60. The number of rotatable bonds is 4. The zero-order valence-electron chi connectivity index (χ0n) is 11.1. The number of hydrogen-bond donors (Lipinski definition) is 1. The van der Waals surface area contributed by atoms with Gasteiger partial charge in [0, 0.05) is 12.5 Å². The summed E-state index contributed by atoms with van der Waals surface area (Å²) in [6.07, 6.45) is 4.14. The molecule has 96 valence electrons. The average Bonchev–Trinajstić information content (AvgIpc) is 2.73. The first-order chi connectivity index (χ1) is 8.27.